The molecule has 3 rings (SSSR count). The second-order valence-corrected chi connectivity index (χ2v) is 6.22. The number of ether oxygens (including phenoxy) is 1. The van der Waals surface area contributed by atoms with Gasteiger partial charge in [-0.1, -0.05) is 0 Å². The molecule has 2 atom stereocenters. The highest BCUT2D eigenvalue weighted by Gasteiger charge is 2.28. The zero-order chi connectivity index (χ0) is 16.9. The Hall–Kier alpha value is -2.41. The van der Waals surface area contributed by atoms with Gasteiger partial charge in [-0.05, 0) is 31.0 Å². The van der Waals surface area contributed by atoms with E-state index < -0.39 is 0 Å². The smallest absolute Gasteiger partial charge is 0.254 e. The summed E-state index contributed by atoms with van der Waals surface area (Å²) in [6.07, 6.45) is 5.53. The summed E-state index contributed by atoms with van der Waals surface area (Å²) in [5.41, 5.74) is 1.60. The van der Waals surface area contributed by atoms with E-state index in [9.17, 15) is 4.79 Å². The lowest BCUT2D eigenvalue weighted by molar-refractivity contribution is -0.0264. The summed E-state index contributed by atoms with van der Waals surface area (Å²) in [7, 11) is 3.46. The van der Waals surface area contributed by atoms with Crippen molar-refractivity contribution < 1.29 is 9.53 Å². The molecule has 2 aromatic rings. The van der Waals surface area contributed by atoms with Crippen LogP contribution in [-0.4, -0.2) is 53.2 Å². The summed E-state index contributed by atoms with van der Waals surface area (Å²) in [5.74, 6) is 1.07. The van der Waals surface area contributed by atoms with E-state index in [1.165, 1.54) is 0 Å². The van der Waals surface area contributed by atoms with Crippen LogP contribution in [0.3, 0.4) is 0 Å². The van der Waals surface area contributed by atoms with Gasteiger partial charge in [0.05, 0.1) is 11.3 Å². The molecule has 0 spiro atoms. The first-order valence-electron chi connectivity index (χ1n) is 8.17. The highest BCUT2D eigenvalue weighted by Crippen LogP contribution is 2.32. The van der Waals surface area contributed by atoms with Crippen molar-refractivity contribution in [3.63, 3.8) is 0 Å². The van der Waals surface area contributed by atoms with E-state index in [2.05, 4.69) is 20.5 Å². The number of hydrogen-bond acceptors (Lipinski definition) is 5. The molecule has 1 amide bonds. The van der Waals surface area contributed by atoms with Gasteiger partial charge < -0.3 is 15.0 Å². The topological polar surface area (TPSA) is 83.1 Å². The van der Waals surface area contributed by atoms with Gasteiger partial charge in [-0.25, -0.2) is 4.98 Å². The number of aromatic amines is 1. The average Bonchev–Trinajstić information content (AvgIpc) is 3.14. The lowest BCUT2D eigenvalue weighted by Crippen LogP contribution is -2.28. The molecule has 0 aromatic carbocycles. The zero-order valence-electron chi connectivity index (χ0n) is 14.0. The van der Waals surface area contributed by atoms with E-state index in [0.29, 0.717) is 11.5 Å². The minimum Gasteiger partial charge on any atom is -0.372 e. The standard InChI is InChI=1S/C17H23N5O2/c1-22(2)17(23)13-5-6-15(19-11-13)18-10-12-4-3-9-24-16(12)14-7-8-20-21-14/h5-8,11-12,16H,3-4,9-10H2,1-2H3,(H,18,19)(H,20,21)/t12-,16+/m0/s1. The third-order valence-corrected chi connectivity index (χ3v) is 4.24. The molecule has 0 aliphatic carbocycles. The lowest BCUT2D eigenvalue weighted by atomic mass is 9.92. The van der Waals surface area contributed by atoms with Crippen molar-refractivity contribution in [3.05, 3.63) is 41.9 Å². The van der Waals surface area contributed by atoms with Gasteiger partial charge in [-0.15, -0.1) is 0 Å². The third-order valence-electron chi connectivity index (χ3n) is 4.24. The maximum absolute atomic E-state index is 11.9. The monoisotopic (exact) mass is 329 g/mol. The van der Waals surface area contributed by atoms with Crippen molar-refractivity contribution in [2.24, 2.45) is 5.92 Å². The predicted molar refractivity (Wildman–Crippen MR) is 90.7 cm³/mol. The number of amides is 1. The molecule has 7 heteroatoms. The molecule has 3 heterocycles. The molecule has 2 N–H and O–H groups in total. The van der Waals surface area contributed by atoms with Crippen LogP contribution >= 0.6 is 0 Å². The van der Waals surface area contributed by atoms with Gasteiger partial charge in [0.25, 0.3) is 5.91 Å². The summed E-state index contributed by atoms with van der Waals surface area (Å²) in [5, 5.41) is 10.4. The molecule has 0 saturated carbocycles. The van der Waals surface area contributed by atoms with Gasteiger partial charge in [-0.2, -0.15) is 5.10 Å². The first-order valence-corrected chi connectivity index (χ1v) is 8.17. The van der Waals surface area contributed by atoms with Crippen LogP contribution in [0.1, 0.15) is 35.0 Å². The van der Waals surface area contributed by atoms with Crippen LogP contribution in [0, 0.1) is 5.92 Å². The van der Waals surface area contributed by atoms with Crippen LogP contribution in [0.15, 0.2) is 30.6 Å². The Morgan fingerprint density at radius 3 is 2.96 bits per heavy atom. The zero-order valence-corrected chi connectivity index (χ0v) is 14.0. The Morgan fingerprint density at radius 2 is 2.29 bits per heavy atom. The van der Waals surface area contributed by atoms with Gasteiger partial charge in [-0.3, -0.25) is 9.89 Å². The van der Waals surface area contributed by atoms with E-state index in [1.54, 1.807) is 37.5 Å². The fourth-order valence-corrected chi connectivity index (χ4v) is 2.94. The van der Waals surface area contributed by atoms with Crippen LogP contribution in [0.2, 0.25) is 0 Å². The normalized spacial score (nSPS) is 20.6. The fraction of sp³-hybridized carbons (Fsp3) is 0.471. The van der Waals surface area contributed by atoms with Gasteiger partial charge >= 0.3 is 0 Å². The molecule has 0 bridgehead atoms. The number of aromatic nitrogens is 3. The van der Waals surface area contributed by atoms with Gasteiger partial charge in [0.1, 0.15) is 11.9 Å². The summed E-state index contributed by atoms with van der Waals surface area (Å²) in [4.78, 5) is 17.7. The highest BCUT2D eigenvalue weighted by atomic mass is 16.5. The Kier molecular flexibility index (Phi) is 5.10. The van der Waals surface area contributed by atoms with Crippen molar-refractivity contribution in [1.29, 1.82) is 0 Å². The van der Waals surface area contributed by atoms with Crippen LogP contribution in [0.5, 0.6) is 0 Å². The van der Waals surface area contributed by atoms with E-state index in [-0.39, 0.29) is 12.0 Å². The first-order chi connectivity index (χ1) is 11.6. The maximum atomic E-state index is 11.9. The quantitative estimate of drug-likeness (QED) is 0.877. The number of hydrogen-bond donors (Lipinski definition) is 2. The summed E-state index contributed by atoms with van der Waals surface area (Å²) in [6, 6.07) is 5.59. The molecule has 1 aliphatic rings. The van der Waals surface area contributed by atoms with Crippen molar-refractivity contribution in [3.8, 4) is 0 Å². The number of nitrogens with one attached hydrogen (secondary N) is 2. The number of rotatable bonds is 5. The number of anilines is 1. The molecular formula is C17H23N5O2. The Balaban J connectivity index is 1.61. The van der Waals surface area contributed by atoms with E-state index in [0.717, 1.165) is 37.5 Å². The van der Waals surface area contributed by atoms with Crippen LogP contribution in [0.25, 0.3) is 0 Å². The van der Waals surface area contributed by atoms with E-state index in [1.807, 2.05) is 12.1 Å². The number of carbonyl (C=O) groups excluding carboxylic acids is 1. The van der Waals surface area contributed by atoms with Crippen LogP contribution in [0.4, 0.5) is 5.82 Å². The Labute approximate surface area is 141 Å². The molecule has 1 saturated heterocycles. The predicted octanol–water partition coefficient (Wildman–Crippen LogP) is 2.09. The fourth-order valence-electron chi connectivity index (χ4n) is 2.94. The molecule has 0 radical (unpaired) electrons. The largest absolute Gasteiger partial charge is 0.372 e. The summed E-state index contributed by atoms with van der Waals surface area (Å²) >= 11 is 0. The molecule has 0 unspecified atom stereocenters. The second kappa shape index (κ2) is 7.44. The summed E-state index contributed by atoms with van der Waals surface area (Å²) in [6.45, 7) is 1.54. The highest BCUT2D eigenvalue weighted by molar-refractivity contribution is 5.93. The van der Waals surface area contributed by atoms with Crippen molar-refractivity contribution in [2.45, 2.75) is 18.9 Å². The Morgan fingerprint density at radius 1 is 1.42 bits per heavy atom. The van der Waals surface area contributed by atoms with Gasteiger partial charge in [0.15, 0.2) is 0 Å². The first kappa shape index (κ1) is 16.4. The number of pyridine rings is 1. The van der Waals surface area contributed by atoms with Crippen LogP contribution in [-0.2, 0) is 4.74 Å². The lowest BCUT2D eigenvalue weighted by Gasteiger charge is -2.31. The number of nitrogens with zero attached hydrogens (tertiary/aromatic N) is 3. The molecule has 1 aliphatic heterocycles. The molecule has 128 valence electrons. The Bertz CT molecular complexity index is 654. The third kappa shape index (κ3) is 3.73. The molecular weight excluding hydrogens is 306 g/mol. The van der Waals surface area contributed by atoms with Crippen LogP contribution < -0.4 is 5.32 Å². The number of H-pyrrole nitrogens is 1. The van der Waals surface area contributed by atoms with Crippen molar-refractivity contribution in [2.75, 3.05) is 32.6 Å². The SMILES string of the molecule is CN(C)C(=O)c1ccc(NC[C@@H]2CCCO[C@H]2c2ccn[nH]2)nc1. The summed E-state index contributed by atoms with van der Waals surface area (Å²) < 4.78 is 5.92. The van der Waals surface area contributed by atoms with Crippen molar-refractivity contribution in [1.82, 2.24) is 20.1 Å². The van der Waals surface area contributed by atoms with E-state index in [4.69, 9.17) is 4.74 Å². The molecule has 7 nitrogen and oxygen atoms in total. The van der Waals surface area contributed by atoms with Gasteiger partial charge in [0.2, 0.25) is 0 Å². The van der Waals surface area contributed by atoms with Gasteiger partial charge in [0, 0.05) is 45.6 Å². The minimum absolute atomic E-state index is 0.0309. The molecule has 1 fully saturated rings. The maximum Gasteiger partial charge on any atom is 0.254 e. The minimum atomic E-state index is -0.0472. The molecule has 24 heavy (non-hydrogen) atoms. The number of carbonyl (C=O) groups is 1. The van der Waals surface area contributed by atoms with Crippen molar-refractivity contribution >= 4 is 11.7 Å². The van der Waals surface area contributed by atoms with E-state index >= 15 is 0 Å². The molecule has 2 aromatic heterocycles. The second-order valence-electron chi connectivity index (χ2n) is 6.22. The average molecular weight is 329 g/mol.